The number of thioether (sulfide) groups is 1. The van der Waals surface area contributed by atoms with Crippen LogP contribution in [0.3, 0.4) is 0 Å². The van der Waals surface area contributed by atoms with Gasteiger partial charge in [-0.3, -0.25) is 5.43 Å². The fourth-order valence-electron chi connectivity index (χ4n) is 2.02. The van der Waals surface area contributed by atoms with Gasteiger partial charge in [0, 0.05) is 5.56 Å². The molecule has 2 N–H and O–H groups in total. The van der Waals surface area contributed by atoms with E-state index in [-0.39, 0.29) is 5.56 Å². The molecule has 5 nitrogen and oxygen atoms in total. The predicted octanol–water partition coefficient (Wildman–Crippen LogP) is 4.54. The molecule has 8 heteroatoms. The maximum absolute atomic E-state index is 12.5. The summed E-state index contributed by atoms with van der Waals surface area (Å²) < 4.78 is 30.2. The summed E-state index contributed by atoms with van der Waals surface area (Å²) >= 11 is 0.415. The second-order valence-electron chi connectivity index (χ2n) is 4.94. The predicted molar refractivity (Wildman–Crippen MR) is 94.1 cm³/mol. The number of ether oxygens (including phenoxy) is 1. The molecule has 2 rings (SSSR count). The van der Waals surface area contributed by atoms with Crippen molar-refractivity contribution in [2.24, 2.45) is 5.10 Å². The highest BCUT2D eigenvalue weighted by Crippen LogP contribution is 2.34. The zero-order valence-electron chi connectivity index (χ0n) is 13.5. The van der Waals surface area contributed by atoms with Crippen LogP contribution in [0.4, 0.5) is 14.5 Å². The van der Waals surface area contributed by atoms with E-state index in [1.165, 1.54) is 19.2 Å². The molecule has 0 radical (unpaired) electrons. The Morgan fingerprint density at radius 1 is 1.24 bits per heavy atom. The normalized spacial score (nSPS) is 11.5. The standard InChI is InChI=1S/C17H16F2N2O3S/c1-10(20-21-13-5-3-4-12(8-13)16(22)23)11-6-7-15(25-17(18)19)14(9-11)24-2/h3-9,17,21H,1-2H3,(H,22,23). The Morgan fingerprint density at radius 3 is 2.64 bits per heavy atom. The molecule has 0 saturated heterocycles. The van der Waals surface area contributed by atoms with Gasteiger partial charge in [0.05, 0.1) is 29.0 Å². The SMILES string of the molecule is COc1cc(C(C)=NNc2cccc(C(=O)O)c2)ccc1SC(F)F. The van der Waals surface area contributed by atoms with Gasteiger partial charge in [-0.15, -0.1) is 0 Å². The number of anilines is 1. The van der Waals surface area contributed by atoms with Gasteiger partial charge >= 0.3 is 5.97 Å². The fourth-order valence-corrected chi connectivity index (χ4v) is 2.62. The minimum Gasteiger partial charge on any atom is -0.496 e. The molecule has 2 aromatic carbocycles. The summed E-state index contributed by atoms with van der Waals surface area (Å²) in [5, 5.41) is 13.2. The molecule has 0 saturated carbocycles. The molecule has 0 bridgehead atoms. The molecule has 0 fully saturated rings. The summed E-state index contributed by atoms with van der Waals surface area (Å²) in [4.78, 5) is 11.3. The highest BCUT2D eigenvalue weighted by Gasteiger charge is 2.12. The number of hydrogen-bond donors (Lipinski definition) is 2. The van der Waals surface area contributed by atoms with Gasteiger partial charge in [0.2, 0.25) is 0 Å². The number of carbonyl (C=O) groups is 1. The summed E-state index contributed by atoms with van der Waals surface area (Å²) in [6, 6.07) is 11.1. The zero-order valence-corrected chi connectivity index (χ0v) is 14.3. The van der Waals surface area contributed by atoms with E-state index in [1.807, 2.05) is 0 Å². The van der Waals surface area contributed by atoms with Crippen molar-refractivity contribution in [2.45, 2.75) is 17.6 Å². The van der Waals surface area contributed by atoms with Gasteiger partial charge in [-0.1, -0.05) is 23.9 Å². The molecule has 0 aromatic heterocycles. The lowest BCUT2D eigenvalue weighted by atomic mass is 10.1. The molecule has 0 spiro atoms. The number of carboxylic acid groups (broad SMARTS) is 1. The first-order valence-electron chi connectivity index (χ1n) is 7.17. The number of nitrogens with one attached hydrogen (secondary N) is 1. The molecule has 0 unspecified atom stereocenters. The smallest absolute Gasteiger partial charge is 0.335 e. The van der Waals surface area contributed by atoms with Crippen LogP contribution in [0.2, 0.25) is 0 Å². The molecule has 0 amide bonds. The first-order valence-corrected chi connectivity index (χ1v) is 8.05. The molecule has 25 heavy (non-hydrogen) atoms. The van der Waals surface area contributed by atoms with Gasteiger partial charge in [-0.2, -0.15) is 13.9 Å². The van der Waals surface area contributed by atoms with Crippen LogP contribution < -0.4 is 10.2 Å². The molecule has 0 aliphatic heterocycles. The van der Waals surface area contributed by atoms with Crippen LogP contribution in [0.1, 0.15) is 22.8 Å². The number of nitrogens with zero attached hydrogens (tertiary/aromatic N) is 1. The van der Waals surface area contributed by atoms with Crippen molar-refractivity contribution in [2.75, 3.05) is 12.5 Å². The average molecular weight is 366 g/mol. The Hall–Kier alpha value is -2.61. The monoisotopic (exact) mass is 366 g/mol. The van der Waals surface area contributed by atoms with Crippen LogP contribution in [0.25, 0.3) is 0 Å². The van der Waals surface area contributed by atoms with Gasteiger partial charge in [0.25, 0.3) is 5.76 Å². The van der Waals surface area contributed by atoms with E-state index in [4.69, 9.17) is 9.84 Å². The van der Waals surface area contributed by atoms with E-state index in [0.29, 0.717) is 39.4 Å². The average Bonchev–Trinajstić information content (AvgIpc) is 2.59. The van der Waals surface area contributed by atoms with Crippen molar-refractivity contribution in [3.05, 3.63) is 53.6 Å². The Bertz CT molecular complexity index is 797. The number of hydrazone groups is 1. The largest absolute Gasteiger partial charge is 0.496 e. The fraction of sp³-hybridized carbons (Fsp3) is 0.176. The highest BCUT2D eigenvalue weighted by atomic mass is 32.2. The Balaban J connectivity index is 2.19. The second kappa shape index (κ2) is 8.48. The molecular formula is C17H16F2N2O3S. The summed E-state index contributed by atoms with van der Waals surface area (Å²) in [6.45, 7) is 1.74. The quantitative estimate of drug-likeness (QED) is 0.427. The van der Waals surface area contributed by atoms with Crippen molar-refractivity contribution in [1.29, 1.82) is 0 Å². The molecule has 0 aliphatic carbocycles. The molecule has 132 valence electrons. The molecular weight excluding hydrogens is 350 g/mol. The first kappa shape index (κ1) is 18.7. The van der Waals surface area contributed by atoms with Gasteiger partial charge < -0.3 is 9.84 Å². The highest BCUT2D eigenvalue weighted by molar-refractivity contribution is 7.99. The first-order chi connectivity index (χ1) is 11.9. The number of benzene rings is 2. The molecule has 2 aromatic rings. The third kappa shape index (κ3) is 5.18. The van der Waals surface area contributed by atoms with E-state index >= 15 is 0 Å². The van der Waals surface area contributed by atoms with Gasteiger partial charge in [-0.05, 0) is 37.3 Å². The number of halogens is 2. The topological polar surface area (TPSA) is 70.9 Å². The zero-order chi connectivity index (χ0) is 18.4. The van der Waals surface area contributed by atoms with E-state index in [0.717, 1.165) is 0 Å². The number of carboxylic acids is 1. The van der Waals surface area contributed by atoms with Crippen molar-refractivity contribution >= 4 is 29.1 Å². The molecule has 0 aliphatic rings. The van der Waals surface area contributed by atoms with Crippen LogP contribution in [-0.2, 0) is 0 Å². The van der Waals surface area contributed by atoms with Gasteiger partial charge in [0.1, 0.15) is 5.75 Å². The summed E-state index contributed by atoms with van der Waals surface area (Å²) in [5.41, 5.74) is 4.73. The Labute approximate surface area is 147 Å². The Kier molecular flexibility index (Phi) is 6.35. The third-order valence-corrected chi connectivity index (χ3v) is 4.03. The number of methoxy groups -OCH3 is 1. The lowest BCUT2D eigenvalue weighted by Gasteiger charge is -2.10. The van der Waals surface area contributed by atoms with Crippen molar-refractivity contribution in [3.63, 3.8) is 0 Å². The van der Waals surface area contributed by atoms with Crippen LogP contribution in [0, 0.1) is 0 Å². The summed E-state index contributed by atoms with van der Waals surface area (Å²) in [6.07, 6.45) is 0. The lowest BCUT2D eigenvalue weighted by Crippen LogP contribution is -2.02. The van der Waals surface area contributed by atoms with Crippen LogP contribution in [0.5, 0.6) is 5.75 Å². The van der Waals surface area contributed by atoms with E-state index in [1.54, 1.807) is 37.3 Å². The summed E-state index contributed by atoms with van der Waals surface area (Å²) in [5.74, 6) is -3.22. The number of hydrogen-bond acceptors (Lipinski definition) is 5. The van der Waals surface area contributed by atoms with Crippen molar-refractivity contribution < 1.29 is 23.4 Å². The van der Waals surface area contributed by atoms with E-state index in [9.17, 15) is 13.6 Å². The Morgan fingerprint density at radius 2 is 2.00 bits per heavy atom. The van der Waals surface area contributed by atoms with Crippen LogP contribution >= 0.6 is 11.8 Å². The van der Waals surface area contributed by atoms with Gasteiger partial charge in [0.15, 0.2) is 0 Å². The van der Waals surface area contributed by atoms with Crippen LogP contribution in [-0.4, -0.2) is 29.7 Å². The molecule has 0 heterocycles. The number of aromatic carboxylic acids is 1. The van der Waals surface area contributed by atoms with Crippen LogP contribution in [0.15, 0.2) is 52.5 Å². The van der Waals surface area contributed by atoms with Crippen molar-refractivity contribution in [3.8, 4) is 5.75 Å². The van der Waals surface area contributed by atoms with E-state index in [2.05, 4.69) is 10.5 Å². The molecule has 0 atom stereocenters. The minimum absolute atomic E-state index is 0.146. The maximum atomic E-state index is 12.5. The third-order valence-electron chi connectivity index (χ3n) is 3.26. The second-order valence-corrected chi connectivity index (χ2v) is 5.97. The lowest BCUT2D eigenvalue weighted by molar-refractivity contribution is 0.0697. The van der Waals surface area contributed by atoms with E-state index < -0.39 is 11.7 Å². The maximum Gasteiger partial charge on any atom is 0.335 e. The summed E-state index contributed by atoms with van der Waals surface area (Å²) in [7, 11) is 1.41. The minimum atomic E-state index is -2.53. The van der Waals surface area contributed by atoms with Crippen molar-refractivity contribution in [1.82, 2.24) is 0 Å². The van der Waals surface area contributed by atoms with Gasteiger partial charge in [-0.25, -0.2) is 4.79 Å². The number of rotatable bonds is 7. The number of alkyl halides is 2.